The number of benzene rings is 1. The second-order valence-electron chi connectivity index (χ2n) is 4.25. The van der Waals surface area contributed by atoms with Crippen LogP contribution in [0, 0.1) is 27.3 Å². The summed E-state index contributed by atoms with van der Waals surface area (Å²) >= 11 is 0. The predicted molar refractivity (Wildman–Crippen MR) is 67.7 cm³/mol. The molecule has 9 heteroatoms. The smallest absolute Gasteiger partial charge is 0.258 e. The molecule has 1 aromatic carbocycles. The summed E-state index contributed by atoms with van der Waals surface area (Å²) in [5.74, 6) is -1.26. The van der Waals surface area contributed by atoms with E-state index in [-0.39, 0.29) is 6.42 Å². The van der Waals surface area contributed by atoms with Crippen molar-refractivity contribution in [3.8, 4) is 6.07 Å². The number of nitriles is 1. The zero-order valence-corrected chi connectivity index (χ0v) is 11.6. The molecule has 1 rings (SSSR count). The lowest BCUT2D eigenvalue weighted by molar-refractivity contribution is -0.390. The lowest BCUT2D eigenvalue weighted by Gasteiger charge is -2.20. The summed E-state index contributed by atoms with van der Waals surface area (Å²) in [7, 11) is -4.39. The van der Waals surface area contributed by atoms with Crippen LogP contribution in [0.1, 0.15) is 20.3 Å². The third-order valence-corrected chi connectivity index (χ3v) is 4.36. The van der Waals surface area contributed by atoms with Crippen molar-refractivity contribution in [2.75, 3.05) is 0 Å². The first-order chi connectivity index (χ1) is 9.17. The molecular formula is C11H12FN3O4S. The van der Waals surface area contributed by atoms with Crippen LogP contribution >= 0.6 is 0 Å². The van der Waals surface area contributed by atoms with Crippen LogP contribution in [0.4, 0.5) is 10.1 Å². The standard InChI is InChI=1S/C11H12FN3O4S/c1-3-11(2,7-13)14-20(18,19)9-6-4-5-8(12)10(9)15(16)17/h4-6,14H,3H2,1-2H3. The van der Waals surface area contributed by atoms with Crippen LogP contribution in [0.5, 0.6) is 0 Å². The number of hydrogen-bond donors (Lipinski definition) is 1. The molecular weight excluding hydrogens is 289 g/mol. The van der Waals surface area contributed by atoms with Crippen LogP contribution in [0.2, 0.25) is 0 Å². The second kappa shape index (κ2) is 5.52. The first-order valence-corrected chi connectivity index (χ1v) is 7.03. The molecule has 0 aliphatic carbocycles. The third-order valence-electron chi connectivity index (χ3n) is 2.74. The fourth-order valence-electron chi connectivity index (χ4n) is 1.42. The lowest BCUT2D eigenvalue weighted by atomic mass is 10.0. The van der Waals surface area contributed by atoms with Crippen molar-refractivity contribution in [3.05, 3.63) is 34.1 Å². The fraction of sp³-hybridized carbons (Fsp3) is 0.364. The number of sulfonamides is 1. The summed E-state index contributed by atoms with van der Waals surface area (Å²) in [5, 5.41) is 19.7. The molecule has 0 aliphatic rings. The van der Waals surface area contributed by atoms with Gasteiger partial charge < -0.3 is 0 Å². The van der Waals surface area contributed by atoms with Crippen molar-refractivity contribution in [1.29, 1.82) is 5.26 Å². The molecule has 0 amide bonds. The predicted octanol–water partition coefficient (Wildman–Crippen LogP) is 1.70. The SMILES string of the molecule is CCC(C)(C#N)NS(=O)(=O)c1cccc(F)c1[N+](=O)[O-]. The normalized spacial score (nSPS) is 14.3. The summed E-state index contributed by atoms with van der Waals surface area (Å²) in [6.07, 6.45) is 0.145. The van der Waals surface area contributed by atoms with Crippen LogP contribution in [-0.4, -0.2) is 18.9 Å². The quantitative estimate of drug-likeness (QED) is 0.657. The summed E-state index contributed by atoms with van der Waals surface area (Å²) in [6.45, 7) is 2.90. The van der Waals surface area contributed by atoms with Crippen LogP contribution in [0.3, 0.4) is 0 Å². The van der Waals surface area contributed by atoms with Gasteiger partial charge in [0.05, 0.1) is 11.0 Å². The highest BCUT2D eigenvalue weighted by Crippen LogP contribution is 2.27. The van der Waals surface area contributed by atoms with E-state index in [1.165, 1.54) is 6.92 Å². The van der Waals surface area contributed by atoms with Crippen LogP contribution in [0.25, 0.3) is 0 Å². The van der Waals surface area contributed by atoms with Gasteiger partial charge in [0.2, 0.25) is 15.8 Å². The summed E-state index contributed by atoms with van der Waals surface area (Å²) in [4.78, 5) is 8.88. The number of nitrogens with one attached hydrogen (secondary N) is 1. The minimum absolute atomic E-state index is 0.145. The van der Waals surface area contributed by atoms with Crippen molar-refractivity contribution in [2.24, 2.45) is 0 Å². The first-order valence-electron chi connectivity index (χ1n) is 5.55. The molecule has 0 spiro atoms. The van der Waals surface area contributed by atoms with E-state index in [0.717, 1.165) is 18.2 Å². The maximum absolute atomic E-state index is 13.4. The Hall–Kier alpha value is -2.05. The molecule has 0 radical (unpaired) electrons. The second-order valence-corrected chi connectivity index (χ2v) is 5.90. The van der Waals surface area contributed by atoms with E-state index in [2.05, 4.69) is 0 Å². The molecule has 0 bridgehead atoms. The van der Waals surface area contributed by atoms with Crippen molar-refractivity contribution in [3.63, 3.8) is 0 Å². The molecule has 7 nitrogen and oxygen atoms in total. The Bertz CT molecular complexity index is 683. The highest BCUT2D eigenvalue weighted by atomic mass is 32.2. The number of hydrogen-bond acceptors (Lipinski definition) is 5. The molecule has 0 aromatic heterocycles. The van der Waals surface area contributed by atoms with Gasteiger partial charge in [-0.1, -0.05) is 13.0 Å². The zero-order chi connectivity index (χ0) is 15.6. The monoisotopic (exact) mass is 301 g/mol. The Balaban J connectivity index is 3.42. The largest absolute Gasteiger partial charge is 0.324 e. The van der Waals surface area contributed by atoms with Crippen molar-refractivity contribution >= 4 is 15.7 Å². The number of nitrogens with zero attached hydrogens (tertiary/aromatic N) is 2. The number of nitro groups is 1. The average Bonchev–Trinajstić information content (AvgIpc) is 2.37. The maximum Gasteiger partial charge on any atom is 0.324 e. The van der Waals surface area contributed by atoms with Gasteiger partial charge in [0.1, 0.15) is 5.54 Å². The molecule has 0 aliphatic heterocycles. The topological polar surface area (TPSA) is 113 Å². The number of rotatable bonds is 5. The Kier molecular flexibility index (Phi) is 4.42. The average molecular weight is 301 g/mol. The van der Waals surface area contributed by atoms with Gasteiger partial charge in [0, 0.05) is 0 Å². The molecule has 1 atom stereocenters. The van der Waals surface area contributed by atoms with Crippen molar-refractivity contribution in [1.82, 2.24) is 4.72 Å². The van der Waals surface area contributed by atoms with Crippen molar-refractivity contribution in [2.45, 2.75) is 30.7 Å². The zero-order valence-electron chi connectivity index (χ0n) is 10.8. The van der Waals surface area contributed by atoms with Crippen LogP contribution in [0.15, 0.2) is 23.1 Å². The number of para-hydroxylation sites is 1. The van der Waals surface area contributed by atoms with E-state index >= 15 is 0 Å². The highest BCUT2D eigenvalue weighted by molar-refractivity contribution is 7.89. The van der Waals surface area contributed by atoms with E-state index in [1.54, 1.807) is 13.0 Å². The molecule has 0 fully saturated rings. The summed E-state index contributed by atoms with van der Waals surface area (Å²) < 4.78 is 39.7. The van der Waals surface area contributed by atoms with E-state index in [4.69, 9.17) is 5.26 Å². The Morgan fingerprint density at radius 3 is 2.60 bits per heavy atom. The van der Waals surface area contributed by atoms with E-state index < -0.39 is 36.9 Å². The lowest BCUT2D eigenvalue weighted by Crippen LogP contribution is -2.44. The maximum atomic E-state index is 13.4. The van der Waals surface area contributed by atoms with Gasteiger partial charge in [0.25, 0.3) is 0 Å². The van der Waals surface area contributed by atoms with Crippen LogP contribution < -0.4 is 4.72 Å². The summed E-state index contributed by atoms with van der Waals surface area (Å²) in [5.41, 5.74) is -2.57. The van der Waals surface area contributed by atoms with E-state index in [0.29, 0.717) is 0 Å². The highest BCUT2D eigenvalue weighted by Gasteiger charge is 2.34. The van der Waals surface area contributed by atoms with Gasteiger partial charge in [-0.25, -0.2) is 8.42 Å². The molecule has 20 heavy (non-hydrogen) atoms. The Labute approximate surface area is 115 Å². The Morgan fingerprint density at radius 1 is 1.55 bits per heavy atom. The molecule has 1 unspecified atom stereocenters. The van der Waals surface area contributed by atoms with E-state index in [9.17, 15) is 22.9 Å². The van der Waals surface area contributed by atoms with Gasteiger partial charge in [-0.05, 0) is 25.5 Å². The minimum Gasteiger partial charge on any atom is -0.258 e. The molecule has 1 N–H and O–H groups in total. The molecule has 0 heterocycles. The minimum atomic E-state index is -4.39. The molecule has 0 saturated heterocycles. The van der Waals surface area contributed by atoms with Crippen LogP contribution in [-0.2, 0) is 10.0 Å². The van der Waals surface area contributed by atoms with Gasteiger partial charge in [-0.15, -0.1) is 0 Å². The Morgan fingerprint density at radius 2 is 2.15 bits per heavy atom. The summed E-state index contributed by atoms with van der Waals surface area (Å²) in [6, 6.07) is 4.52. The van der Waals surface area contributed by atoms with Gasteiger partial charge in [-0.2, -0.15) is 14.4 Å². The first kappa shape index (κ1) is 16.0. The molecule has 0 saturated carbocycles. The van der Waals surface area contributed by atoms with Crippen molar-refractivity contribution < 1.29 is 17.7 Å². The number of halogens is 1. The van der Waals surface area contributed by atoms with E-state index in [1.807, 2.05) is 4.72 Å². The molecule has 108 valence electrons. The van der Waals surface area contributed by atoms with Gasteiger partial charge in [-0.3, -0.25) is 10.1 Å². The molecule has 1 aromatic rings. The fourth-order valence-corrected chi connectivity index (χ4v) is 2.99. The van der Waals surface area contributed by atoms with Gasteiger partial charge in [0.15, 0.2) is 4.90 Å². The third kappa shape index (κ3) is 3.09. The van der Waals surface area contributed by atoms with Gasteiger partial charge >= 0.3 is 5.69 Å². The number of nitro benzene ring substituents is 1.